The maximum absolute atomic E-state index is 4.25. The van der Waals surface area contributed by atoms with Crippen molar-refractivity contribution in [1.82, 2.24) is 4.90 Å². The van der Waals surface area contributed by atoms with Crippen LogP contribution in [0.3, 0.4) is 0 Å². The van der Waals surface area contributed by atoms with E-state index in [0.29, 0.717) is 0 Å². The summed E-state index contributed by atoms with van der Waals surface area (Å²) in [7, 11) is 2.07. The standard InChI is InChI=1S/C13H15NS/c1-14(10-15)9-11-6-7-12-4-2-3-5-13(12)8-11/h2-8,15H,9-10H2,1H3. The molecule has 0 saturated carbocycles. The van der Waals surface area contributed by atoms with Gasteiger partial charge in [0, 0.05) is 12.4 Å². The number of thiol groups is 1. The van der Waals surface area contributed by atoms with Crippen molar-refractivity contribution in [2.75, 3.05) is 12.9 Å². The first kappa shape index (κ1) is 10.5. The molecule has 0 amide bonds. The number of nitrogens with zero attached hydrogens (tertiary/aromatic N) is 1. The maximum Gasteiger partial charge on any atom is 0.0414 e. The molecule has 0 radical (unpaired) electrons. The minimum Gasteiger partial charge on any atom is -0.293 e. The van der Waals surface area contributed by atoms with Gasteiger partial charge in [0.15, 0.2) is 0 Å². The maximum atomic E-state index is 4.25. The van der Waals surface area contributed by atoms with E-state index in [0.717, 1.165) is 12.4 Å². The van der Waals surface area contributed by atoms with Gasteiger partial charge >= 0.3 is 0 Å². The lowest BCUT2D eigenvalue weighted by Gasteiger charge is -2.13. The molecule has 0 aliphatic heterocycles. The van der Waals surface area contributed by atoms with E-state index in [-0.39, 0.29) is 0 Å². The molecule has 0 aliphatic rings. The Morgan fingerprint density at radius 1 is 1.07 bits per heavy atom. The third-order valence-electron chi connectivity index (χ3n) is 2.51. The predicted molar refractivity (Wildman–Crippen MR) is 69.3 cm³/mol. The summed E-state index contributed by atoms with van der Waals surface area (Å²) in [5, 5.41) is 2.61. The van der Waals surface area contributed by atoms with Crippen LogP contribution in [-0.2, 0) is 6.54 Å². The molecule has 2 heteroatoms. The van der Waals surface area contributed by atoms with E-state index in [9.17, 15) is 0 Å². The van der Waals surface area contributed by atoms with Gasteiger partial charge in [-0.15, -0.1) is 0 Å². The lowest BCUT2D eigenvalue weighted by atomic mass is 10.1. The Hall–Kier alpha value is -0.990. The zero-order valence-electron chi connectivity index (χ0n) is 8.85. The first-order chi connectivity index (χ1) is 7.29. The van der Waals surface area contributed by atoms with Crippen molar-refractivity contribution in [3.05, 3.63) is 48.0 Å². The fraction of sp³-hybridized carbons (Fsp3) is 0.231. The van der Waals surface area contributed by atoms with E-state index in [2.05, 4.69) is 67.0 Å². The molecular weight excluding hydrogens is 202 g/mol. The summed E-state index contributed by atoms with van der Waals surface area (Å²) < 4.78 is 0. The molecule has 78 valence electrons. The first-order valence-corrected chi connectivity index (χ1v) is 5.70. The van der Waals surface area contributed by atoms with Crippen LogP contribution in [0.25, 0.3) is 10.8 Å². The smallest absolute Gasteiger partial charge is 0.0414 e. The molecule has 15 heavy (non-hydrogen) atoms. The highest BCUT2D eigenvalue weighted by atomic mass is 32.1. The fourth-order valence-electron chi connectivity index (χ4n) is 1.70. The van der Waals surface area contributed by atoms with Crippen molar-refractivity contribution in [2.24, 2.45) is 0 Å². The number of benzene rings is 2. The van der Waals surface area contributed by atoms with Gasteiger partial charge in [-0.3, -0.25) is 4.90 Å². The van der Waals surface area contributed by atoms with E-state index in [1.807, 2.05) is 0 Å². The molecule has 0 bridgehead atoms. The monoisotopic (exact) mass is 217 g/mol. The van der Waals surface area contributed by atoms with Crippen LogP contribution in [-0.4, -0.2) is 17.8 Å². The Kier molecular flexibility index (Phi) is 3.29. The summed E-state index contributed by atoms with van der Waals surface area (Å²) in [6, 6.07) is 15.0. The summed E-state index contributed by atoms with van der Waals surface area (Å²) in [5.41, 5.74) is 1.34. The molecule has 0 N–H and O–H groups in total. The van der Waals surface area contributed by atoms with Crippen molar-refractivity contribution in [3.63, 3.8) is 0 Å². The third-order valence-corrected chi connectivity index (χ3v) is 2.99. The molecular formula is C13H15NS. The van der Waals surface area contributed by atoms with Gasteiger partial charge in [0.1, 0.15) is 0 Å². The largest absolute Gasteiger partial charge is 0.293 e. The highest BCUT2D eigenvalue weighted by molar-refractivity contribution is 7.80. The summed E-state index contributed by atoms with van der Waals surface area (Å²) in [6.07, 6.45) is 0. The Bertz CT molecular complexity index is 453. The molecule has 0 fully saturated rings. The van der Waals surface area contributed by atoms with Gasteiger partial charge in [-0.2, -0.15) is 12.6 Å². The number of fused-ring (bicyclic) bond motifs is 1. The Balaban J connectivity index is 2.30. The van der Waals surface area contributed by atoms with Crippen LogP contribution in [0.15, 0.2) is 42.5 Å². The summed E-state index contributed by atoms with van der Waals surface area (Å²) >= 11 is 4.25. The third kappa shape index (κ3) is 2.52. The molecule has 0 unspecified atom stereocenters. The van der Waals surface area contributed by atoms with Crippen molar-refractivity contribution >= 4 is 23.4 Å². The van der Waals surface area contributed by atoms with Crippen LogP contribution >= 0.6 is 12.6 Å². The molecule has 0 aliphatic carbocycles. The van der Waals surface area contributed by atoms with Crippen LogP contribution in [0.5, 0.6) is 0 Å². The van der Waals surface area contributed by atoms with Crippen molar-refractivity contribution in [1.29, 1.82) is 0 Å². The van der Waals surface area contributed by atoms with Crippen molar-refractivity contribution in [3.8, 4) is 0 Å². The number of rotatable bonds is 3. The van der Waals surface area contributed by atoms with Crippen LogP contribution < -0.4 is 0 Å². The summed E-state index contributed by atoms with van der Waals surface area (Å²) in [4.78, 5) is 2.17. The molecule has 1 nitrogen and oxygen atoms in total. The predicted octanol–water partition coefficient (Wildman–Crippen LogP) is 3.16. The quantitative estimate of drug-likeness (QED) is 0.610. The van der Waals surface area contributed by atoms with Crippen molar-refractivity contribution < 1.29 is 0 Å². The molecule has 2 aromatic rings. The molecule has 0 heterocycles. The SMILES string of the molecule is CN(CS)Cc1ccc2ccccc2c1. The van der Waals surface area contributed by atoms with Crippen LogP contribution in [0, 0.1) is 0 Å². The average Bonchev–Trinajstić information content (AvgIpc) is 2.29. The van der Waals surface area contributed by atoms with E-state index in [1.165, 1.54) is 16.3 Å². The van der Waals surface area contributed by atoms with Gasteiger partial charge < -0.3 is 0 Å². The molecule has 2 aromatic carbocycles. The normalized spacial score (nSPS) is 11.1. The van der Waals surface area contributed by atoms with E-state index >= 15 is 0 Å². The van der Waals surface area contributed by atoms with Gasteiger partial charge in [0.25, 0.3) is 0 Å². The molecule has 2 rings (SSSR count). The van der Waals surface area contributed by atoms with Gasteiger partial charge in [-0.1, -0.05) is 36.4 Å². The Morgan fingerprint density at radius 2 is 1.80 bits per heavy atom. The van der Waals surface area contributed by atoms with Crippen LogP contribution in [0.1, 0.15) is 5.56 Å². The minimum absolute atomic E-state index is 0.785. The van der Waals surface area contributed by atoms with E-state index in [1.54, 1.807) is 0 Å². The Morgan fingerprint density at radius 3 is 2.53 bits per heavy atom. The number of hydrogen-bond acceptors (Lipinski definition) is 2. The van der Waals surface area contributed by atoms with E-state index < -0.39 is 0 Å². The summed E-state index contributed by atoms with van der Waals surface area (Å²) in [5.74, 6) is 0.785. The molecule has 0 saturated heterocycles. The topological polar surface area (TPSA) is 3.24 Å². The second-order valence-electron chi connectivity index (χ2n) is 3.84. The van der Waals surface area contributed by atoms with Crippen molar-refractivity contribution in [2.45, 2.75) is 6.54 Å². The van der Waals surface area contributed by atoms with Gasteiger partial charge in [-0.05, 0) is 29.4 Å². The Labute approximate surface area is 96.1 Å². The molecule has 0 spiro atoms. The zero-order chi connectivity index (χ0) is 10.7. The number of hydrogen-bond donors (Lipinski definition) is 1. The lowest BCUT2D eigenvalue weighted by Crippen LogP contribution is -2.15. The highest BCUT2D eigenvalue weighted by Crippen LogP contribution is 2.16. The molecule has 0 aromatic heterocycles. The van der Waals surface area contributed by atoms with Gasteiger partial charge in [-0.25, -0.2) is 0 Å². The van der Waals surface area contributed by atoms with E-state index in [4.69, 9.17) is 0 Å². The molecule has 0 atom stereocenters. The fourth-order valence-corrected chi connectivity index (χ4v) is 1.80. The second kappa shape index (κ2) is 4.69. The minimum atomic E-state index is 0.785. The second-order valence-corrected chi connectivity index (χ2v) is 4.12. The zero-order valence-corrected chi connectivity index (χ0v) is 9.74. The summed E-state index contributed by atoms with van der Waals surface area (Å²) in [6.45, 7) is 0.953. The van der Waals surface area contributed by atoms with Gasteiger partial charge in [0.2, 0.25) is 0 Å². The lowest BCUT2D eigenvalue weighted by molar-refractivity contribution is 0.388. The highest BCUT2D eigenvalue weighted by Gasteiger charge is 1.99. The first-order valence-electron chi connectivity index (χ1n) is 5.06. The van der Waals surface area contributed by atoms with Gasteiger partial charge in [0.05, 0.1) is 0 Å². The average molecular weight is 217 g/mol. The van der Waals surface area contributed by atoms with Crippen LogP contribution in [0.4, 0.5) is 0 Å². The van der Waals surface area contributed by atoms with Crippen LogP contribution in [0.2, 0.25) is 0 Å².